The van der Waals surface area contributed by atoms with Gasteiger partial charge in [-0.15, -0.1) is 0 Å². The lowest BCUT2D eigenvalue weighted by molar-refractivity contribution is -0.0306. The Morgan fingerprint density at radius 1 is 1.27 bits per heavy atom. The predicted molar refractivity (Wildman–Crippen MR) is 98.0 cm³/mol. The number of aromatic nitrogens is 2. The fraction of sp³-hybridized carbons (Fsp3) is 0.400. The van der Waals surface area contributed by atoms with Crippen LogP contribution < -0.4 is 0 Å². The summed E-state index contributed by atoms with van der Waals surface area (Å²) in [6.07, 6.45) is 2.88. The van der Waals surface area contributed by atoms with Crippen LogP contribution >= 0.6 is 0 Å². The molecular weight excluding hydrogens is 330 g/mol. The number of para-hydroxylation sites is 1. The highest BCUT2D eigenvalue weighted by atomic mass is 16.3. The third kappa shape index (κ3) is 3.01. The minimum Gasteiger partial charge on any atom is -0.466 e. The lowest BCUT2D eigenvalue weighted by atomic mass is 9.91. The monoisotopic (exact) mass is 353 g/mol. The first-order valence-corrected chi connectivity index (χ1v) is 8.94. The van der Waals surface area contributed by atoms with E-state index in [1.807, 2.05) is 49.0 Å². The van der Waals surface area contributed by atoms with Crippen LogP contribution in [0, 0.1) is 13.8 Å². The summed E-state index contributed by atoms with van der Waals surface area (Å²) in [5.74, 6) is 1.37. The fourth-order valence-electron chi connectivity index (χ4n) is 3.73. The van der Waals surface area contributed by atoms with Crippen LogP contribution in [0.1, 0.15) is 34.7 Å². The molecule has 0 saturated carbocycles. The minimum atomic E-state index is -0.854. The van der Waals surface area contributed by atoms with Gasteiger partial charge in [-0.05, 0) is 38.8 Å². The second-order valence-electron chi connectivity index (χ2n) is 7.20. The van der Waals surface area contributed by atoms with Gasteiger partial charge < -0.3 is 14.4 Å². The summed E-state index contributed by atoms with van der Waals surface area (Å²) in [7, 11) is 0. The van der Waals surface area contributed by atoms with Crippen LogP contribution in [0.15, 0.2) is 40.9 Å². The number of benzene rings is 1. The molecule has 0 radical (unpaired) electrons. The first-order chi connectivity index (χ1) is 12.5. The van der Waals surface area contributed by atoms with Gasteiger partial charge >= 0.3 is 0 Å². The number of piperidine rings is 1. The number of likely N-dealkylation sites (tertiary alicyclic amines) is 1. The summed E-state index contributed by atoms with van der Waals surface area (Å²) in [5.41, 5.74) is 0.780. The second-order valence-corrected chi connectivity index (χ2v) is 7.20. The maximum Gasteiger partial charge on any atom is 0.257 e. The van der Waals surface area contributed by atoms with Crippen molar-refractivity contribution >= 4 is 16.8 Å². The highest BCUT2D eigenvalue weighted by Crippen LogP contribution is 2.27. The van der Waals surface area contributed by atoms with Gasteiger partial charge in [0.15, 0.2) is 0 Å². The van der Waals surface area contributed by atoms with E-state index in [-0.39, 0.29) is 5.91 Å². The molecule has 0 atom stereocenters. The highest BCUT2D eigenvalue weighted by molar-refractivity contribution is 5.95. The van der Waals surface area contributed by atoms with Crippen LogP contribution in [0.25, 0.3) is 10.9 Å². The standard InChI is InChI=1S/C20H23N3O3/c1-14-11-17(15(2)26-14)19(24)22-9-7-20(25,8-10-22)13-23-18-6-4-3-5-16(18)12-21-23/h3-6,11-12,25H,7-10,13H2,1-2H3. The SMILES string of the molecule is Cc1cc(C(=O)N2CCC(O)(Cn3ncc4ccccc43)CC2)c(C)o1. The van der Waals surface area contributed by atoms with Crippen molar-refractivity contribution in [1.29, 1.82) is 0 Å². The average Bonchev–Trinajstić information content (AvgIpc) is 3.18. The Hall–Kier alpha value is -2.60. The molecule has 1 fully saturated rings. The third-order valence-corrected chi connectivity index (χ3v) is 5.25. The van der Waals surface area contributed by atoms with E-state index < -0.39 is 5.60 Å². The number of rotatable bonds is 3. The maximum atomic E-state index is 12.7. The Balaban J connectivity index is 1.45. The van der Waals surface area contributed by atoms with Crippen molar-refractivity contribution in [2.45, 2.75) is 38.8 Å². The Kier molecular flexibility index (Phi) is 4.07. The quantitative estimate of drug-likeness (QED) is 0.786. The number of carbonyl (C=O) groups is 1. The third-order valence-electron chi connectivity index (χ3n) is 5.25. The topological polar surface area (TPSA) is 71.5 Å². The van der Waals surface area contributed by atoms with Crippen molar-refractivity contribution in [3.63, 3.8) is 0 Å². The number of hydrogen-bond donors (Lipinski definition) is 1. The Bertz CT molecular complexity index is 948. The lowest BCUT2D eigenvalue weighted by Gasteiger charge is -2.38. The second kappa shape index (κ2) is 6.29. The zero-order valence-electron chi connectivity index (χ0n) is 15.1. The smallest absolute Gasteiger partial charge is 0.257 e. The molecule has 1 aliphatic rings. The number of carbonyl (C=O) groups excluding carboxylic acids is 1. The van der Waals surface area contributed by atoms with Gasteiger partial charge in [-0.1, -0.05) is 18.2 Å². The van der Waals surface area contributed by atoms with Gasteiger partial charge in [0.1, 0.15) is 11.5 Å². The average molecular weight is 353 g/mol. The number of aliphatic hydroxyl groups is 1. The van der Waals surface area contributed by atoms with Crippen LogP contribution in [0.3, 0.4) is 0 Å². The predicted octanol–water partition coefficient (Wildman–Crippen LogP) is 2.91. The van der Waals surface area contributed by atoms with E-state index in [1.165, 1.54) is 0 Å². The van der Waals surface area contributed by atoms with Crippen molar-refractivity contribution in [2.24, 2.45) is 0 Å². The summed E-state index contributed by atoms with van der Waals surface area (Å²) in [5, 5.41) is 16.5. The molecule has 0 spiro atoms. The molecule has 136 valence electrons. The molecule has 0 aliphatic carbocycles. The van der Waals surface area contributed by atoms with E-state index in [9.17, 15) is 9.90 Å². The van der Waals surface area contributed by atoms with Crippen molar-refractivity contribution < 1.29 is 14.3 Å². The summed E-state index contributed by atoms with van der Waals surface area (Å²) in [6.45, 7) is 5.14. The van der Waals surface area contributed by atoms with Crippen LogP contribution in [-0.2, 0) is 6.54 Å². The van der Waals surface area contributed by atoms with Crippen molar-refractivity contribution in [3.8, 4) is 0 Å². The van der Waals surface area contributed by atoms with Gasteiger partial charge in [0.25, 0.3) is 5.91 Å². The summed E-state index contributed by atoms with van der Waals surface area (Å²) in [6, 6.07) is 9.76. The first-order valence-electron chi connectivity index (χ1n) is 8.94. The minimum absolute atomic E-state index is 0.0223. The van der Waals surface area contributed by atoms with E-state index in [0.29, 0.717) is 43.8 Å². The highest BCUT2D eigenvalue weighted by Gasteiger charge is 2.35. The molecular formula is C20H23N3O3. The number of fused-ring (bicyclic) bond motifs is 1. The maximum absolute atomic E-state index is 12.7. The zero-order valence-corrected chi connectivity index (χ0v) is 15.1. The summed E-state index contributed by atoms with van der Waals surface area (Å²) < 4.78 is 7.33. The number of hydrogen-bond acceptors (Lipinski definition) is 4. The molecule has 3 aromatic rings. The van der Waals surface area contributed by atoms with Crippen LogP contribution in [-0.4, -0.2) is 44.4 Å². The van der Waals surface area contributed by atoms with Crippen molar-refractivity contribution in [1.82, 2.24) is 14.7 Å². The largest absolute Gasteiger partial charge is 0.466 e. The molecule has 1 aromatic carbocycles. The Morgan fingerprint density at radius 2 is 2.00 bits per heavy atom. The lowest BCUT2D eigenvalue weighted by Crippen LogP contribution is -2.48. The fourth-order valence-corrected chi connectivity index (χ4v) is 3.73. The van der Waals surface area contributed by atoms with Gasteiger partial charge in [-0.25, -0.2) is 0 Å². The molecule has 3 heterocycles. The molecule has 1 N–H and O–H groups in total. The van der Waals surface area contributed by atoms with Gasteiger partial charge in [-0.3, -0.25) is 9.48 Å². The number of aryl methyl sites for hydroxylation is 2. The molecule has 1 amide bonds. The molecule has 6 heteroatoms. The first kappa shape index (κ1) is 16.8. The van der Waals surface area contributed by atoms with Crippen molar-refractivity contribution in [3.05, 3.63) is 53.6 Å². The molecule has 2 aromatic heterocycles. The Labute approximate surface area is 152 Å². The molecule has 26 heavy (non-hydrogen) atoms. The van der Waals surface area contributed by atoms with Gasteiger partial charge in [0.2, 0.25) is 0 Å². The molecule has 6 nitrogen and oxygen atoms in total. The van der Waals surface area contributed by atoms with Gasteiger partial charge in [0, 0.05) is 18.5 Å². The normalized spacial score (nSPS) is 17.0. The number of nitrogens with zero attached hydrogens (tertiary/aromatic N) is 3. The van der Waals surface area contributed by atoms with Crippen LogP contribution in [0.2, 0.25) is 0 Å². The van der Waals surface area contributed by atoms with Crippen LogP contribution in [0.5, 0.6) is 0 Å². The Morgan fingerprint density at radius 3 is 2.69 bits per heavy atom. The molecule has 4 rings (SSSR count). The van der Waals surface area contributed by atoms with E-state index in [2.05, 4.69) is 5.10 Å². The van der Waals surface area contributed by atoms with Gasteiger partial charge in [0.05, 0.1) is 29.4 Å². The number of furan rings is 1. The van der Waals surface area contributed by atoms with E-state index in [4.69, 9.17) is 4.42 Å². The zero-order chi connectivity index (χ0) is 18.3. The molecule has 0 unspecified atom stereocenters. The van der Waals surface area contributed by atoms with Crippen molar-refractivity contribution in [2.75, 3.05) is 13.1 Å². The van der Waals surface area contributed by atoms with Crippen LogP contribution in [0.4, 0.5) is 0 Å². The van der Waals surface area contributed by atoms with Gasteiger partial charge in [-0.2, -0.15) is 5.10 Å². The van der Waals surface area contributed by atoms with E-state index in [1.54, 1.807) is 11.0 Å². The molecule has 1 aliphatic heterocycles. The molecule has 0 bridgehead atoms. The number of amides is 1. The van der Waals surface area contributed by atoms with E-state index in [0.717, 1.165) is 16.7 Å². The summed E-state index contributed by atoms with van der Waals surface area (Å²) >= 11 is 0. The summed E-state index contributed by atoms with van der Waals surface area (Å²) in [4.78, 5) is 14.5. The van der Waals surface area contributed by atoms with E-state index >= 15 is 0 Å². The molecule has 1 saturated heterocycles.